The van der Waals surface area contributed by atoms with Crippen molar-refractivity contribution in [1.29, 1.82) is 0 Å². The monoisotopic (exact) mass is 293 g/mol. The van der Waals surface area contributed by atoms with Crippen LogP contribution in [0.3, 0.4) is 0 Å². The minimum absolute atomic E-state index is 0.108. The molecule has 2 rings (SSSR count). The molecule has 4 nitrogen and oxygen atoms in total. The molecule has 0 aliphatic heterocycles. The highest BCUT2D eigenvalue weighted by Crippen LogP contribution is 2.20. The van der Waals surface area contributed by atoms with E-state index in [0.29, 0.717) is 10.8 Å². The van der Waals surface area contributed by atoms with E-state index in [1.807, 2.05) is 6.07 Å². The molecule has 0 bridgehead atoms. The molecule has 0 fully saturated rings. The second-order valence-corrected chi connectivity index (χ2v) is 4.99. The van der Waals surface area contributed by atoms with Crippen LogP contribution in [-0.4, -0.2) is 17.6 Å². The molecule has 0 aliphatic carbocycles. The van der Waals surface area contributed by atoms with Crippen molar-refractivity contribution in [2.45, 2.75) is 18.9 Å². The number of aliphatic hydroxyl groups is 1. The van der Waals surface area contributed by atoms with E-state index in [1.165, 1.54) is 6.26 Å². The summed E-state index contributed by atoms with van der Waals surface area (Å²) in [7, 11) is 0. The Morgan fingerprint density at radius 3 is 2.85 bits per heavy atom. The second-order valence-electron chi connectivity index (χ2n) is 4.55. The van der Waals surface area contributed by atoms with Crippen LogP contribution in [0, 0.1) is 0 Å². The normalized spacial score (nSPS) is 13.8. The molecule has 0 saturated heterocycles. The highest BCUT2D eigenvalue weighted by molar-refractivity contribution is 6.30. The summed E-state index contributed by atoms with van der Waals surface area (Å²) in [5, 5.41) is 13.1. The van der Waals surface area contributed by atoms with Gasteiger partial charge in [0.25, 0.3) is 0 Å². The number of furan rings is 1. The fourth-order valence-corrected chi connectivity index (χ4v) is 2.06. The van der Waals surface area contributed by atoms with Crippen molar-refractivity contribution < 1.29 is 14.3 Å². The van der Waals surface area contributed by atoms with Crippen LogP contribution in [0.25, 0.3) is 0 Å². The van der Waals surface area contributed by atoms with Crippen molar-refractivity contribution in [2.24, 2.45) is 0 Å². The molecule has 1 heterocycles. The molecular weight excluding hydrogens is 278 g/mol. The average Bonchev–Trinajstić information content (AvgIpc) is 2.97. The maximum atomic E-state index is 12.0. The van der Waals surface area contributed by atoms with Crippen molar-refractivity contribution in [1.82, 2.24) is 5.32 Å². The Morgan fingerprint density at radius 1 is 1.40 bits per heavy atom. The number of hydrogen-bond donors (Lipinski definition) is 2. The van der Waals surface area contributed by atoms with Crippen LogP contribution in [0.1, 0.15) is 30.3 Å². The van der Waals surface area contributed by atoms with Gasteiger partial charge in [0, 0.05) is 5.02 Å². The largest absolute Gasteiger partial charge is 0.467 e. The fraction of sp³-hybridized carbons (Fsp3) is 0.267. The van der Waals surface area contributed by atoms with Gasteiger partial charge in [-0.3, -0.25) is 4.79 Å². The van der Waals surface area contributed by atoms with Gasteiger partial charge in [0.2, 0.25) is 5.91 Å². The Kier molecular flexibility index (Phi) is 4.82. The molecule has 5 heteroatoms. The van der Waals surface area contributed by atoms with Gasteiger partial charge in [-0.15, -0.1) is 0 Å². The summed E-state index contributed by atoms with van der Waals surface area (Å²) in [5.74, 6) is -0.0731. The SMILES string of the molecule is C[C@@H](C(=O)NC[C@@H](O)c1ccco1)c1cccc(Cl)c1. The Labute approximate surface area is 122 Å². The first-order chi connectivity index (χ1) is 9.58. The van der Waals surface area contributed by atoms with Gasteiger partial charge < -0.3 is 14.8 Å². The zero-order valence-corrected chi connectivity index (χ0v) is 11.8. The first-order valence-corrected chi connectivity index (χ1v) is 6.70. The quantitative estimate of drug-likeness (QED) is 0.891. The first-order valence-electron chi connectivity index (χ1n) is 6.32. The fourth-order valence-electron chi connectivity index (χ4n) is 1.86. The molecule has 0 saturated carbocycles. The van der Waals surface area contributed by atoms with Crippen molar-refractivity contribution in [2.75, 3.05) is 6.54 Å². The van der Waals surface area contributed by atoms with Crippen molar-refractivity contribution in [3.8, 4) is 0 Å². The highest BCUT2D eigenvalue weighted by atomic mass is 35.5. The molecule has 2 atom stereocenters. The summed E-state index contributed by atoms with van der Waals surface area (Å²) in [4.78, 5) is 12.0. The van der Waals surface area contributed by atoms with E-state index in [-0.39, 0.29) is 18.4 Å². The Balaban J connectivity index is 1.91. The number of halogens is 1. The minimum atomic E-state index is -0.847. The number of carbonyl (C=O) groups excluding carboxylic acids is 1. The van der Waals surface area contributed by atoms with Gasteiger partial charge in [-0.1, -0.05) is 23.7 Å². The molecular formula is C15H16ClNO3. The minimum Gasteiger partial charge on any atom is -0.467 e. The van der Waals surface area contributed by atoms with Gasteiger partial charge in [-0.2, -0.15) is 0 Å². The highest BCUT2D eigenvalue weighted by Gasteiger charge is 2.17. The van der Waals surface area contributed by atoms with Gasteiger partial charge in [0.15, 0.2) is 0 Å². The predicted molar refractivity (Wildman–Crippen MR) is 76.5 cm³/mol. The van der Waals surface area contributed by atoms with E-state index in [4.69, 9.17) is 16.0 Å². The number of aliphatic hydroxyl groups excluding tert-OH is 1. The van der Waals surface area contributed by atoms with Crippen LogP contribution >= 0.6 is 11.6 Å². The van der Waals surface area contributed by atoms with Crippen LogP contribution in [-0.2, 0) is 4.79 Å². The lowest BCUT2D eigenvalue weighted by molar-refractivity contribution is -0.122. The topological polar surface area (TPSA) is 62.5 Å². The van der Waals surface area contributed by atoms with Crippen LogP contribution in [0.5, 0.6) is 0 Å². The lowest BCUT2D eigenvalue weighted by Gasteiger charge is -2.14. The molecule has 0 spiro atoms. The second kappa shape index (κ2) is 6.59. The van der Waals surface area contributed by atoms with Gasteiger partial charge in [-0.05, 0) is 36.8 Å². The first kappa shape index (κ1) is 14.6. The van der Waals surface area contributed by atoms with Gasteiger partial charge >= 0.3 is 0 Å². The zero-order chi connectivity index (χ0) is 14.5. The molecule has 2 N–H and O–H groups in total. The summed E-state index contributed by atoms with van der Waals surface area (Å²) in [6.07, 6.45) is 0.634. The molecule has 0 radical (unpaired) electrons. The van der Waals surface area contributed by atoms with Crippen LogP contribution < -0.4 is 5.32 Å². The lowest BCUT2D eigenvalue weighted by Crippen LogP contribution is -2.31. The van der Waals surface area contributed by atoms with Crippen molar-refractivity contribution >= 4 is 17.5 Å². The standard InChI is InChI=1S/C15H16ClNO3/c1-10(11-4-2-5-12(16)8-11)15(19)17-9-13(18)14-6-3-7-20-14/h2-8,10,13,18H,9H2,1H3,(H,17,19)/t10-,13-/m1/s1. The molecule has 106 valence electrons. The average molecular weight is 294 g/mol. The number of carbonyl (C=O) groups is 1. The Bertz CT molecular complexity index is 568. The predicted octanol–water partition coefficient (Wildman–Crippen LogP) is 2.89. The molecule has 0 aliphatic rings. The van der Waals surface area contributed by atoms with Gasteiger partial charge in [0.05, 0.1) is 18.7 Å². The van der Waals surface area contributed by atoms with E-state index in [0.717, 1.165) is 5.56 Å². The Morgan fingerprint density at radius 2 is 2.20 bits per heavy atom. The van der Waals surface area contributed by atoms with E-state index in [9.17, 15) is 9.90 Å². The number of hydrogen-bond acceptors (Lipinski definition) is 3. The molecule has 0 unspecified atom stereocenters. The van der Waals surface area contributed by atoms with Crippen LogP contribution in [0.4, 0.5) is 0 Å². The summed E-state index contributed by atoms with van der Waals surface area (Å²) >= 11 is 5.90. The number of benzene rings is 1. The van der Waals surface area contributed by atoms with Crippen LogP contribution in [0.2, 0.25) is 5.02 Å². The summed E-state index contributed by atoms with van der Waals surface area (Å²) in [6.45, 7) is 1.90. The smallest absolute Gasteiger partial charge is 0.227 e. The molecule has 1 aromatic carbocycles. The van der Waals surface area contributed by atoms with E-state index in [1.54, 1.807) is 37.3 Å². The molecule has 1 amide bonds. The van der Waals surface area contributed by atoms with E-state index in [2.05, 4.69) is 5.32 Å². The van der Waals surface area contributed by atoms with Crippen molar-refractivity contribution in [3.63, 3.8) is 0 Å². The molecule has 1 aromatic heterocycles. The summed E-state index contributed by atoms with van der Waals surface area (Å²) in [5.41, 5.74) is 0.836. The number of rotatable bonds is 5. The van der Waals surface area contributed by atoms with Gasteiger partial charge in [0.1, 0.15) is 11.9 Å². The van der Waals surface area contributed by atoms with Crippen LogP contribution in [0.15, 0.2) is 47.1 Å². The molecule has 2 aromatic rings. The number of amides is 1. The van der Waals surface area contributed by atoms with Gasteiger partial charge in [-0.25, -0.2) is 0 Å². The third-order valence-electron chi connectivity index (χ3n) is 3.08. The number of nitrogens with one attached hydrogen (secondary N) is 1. The maximum absolute atomic E-state index is 12.0. The Hall–Kier alpha value is -1.78. The maximum Gasteiger partial charge on any atom is 0.227 e. The van der Waals surface area contributed by atoms with E-state index < -0.39 is 6.10 Å². The third-order valence-corrected chi connectivity index (χ3v) is 3.32. The summed E-state index contributed by atoms with van der Waals surface area (Å²) in [6, 6.07) is 10.5. The molecule has 20 heavy (non-hydrogen) atoms. The van der Waals surface area contributed by atoms with E-state index >= 15 is 0 Å². The third kappa shape index (κ3) is 3.62. The zero-order valence-electron chi connectivity index (χ0n) is 11.0. The van der Waals surface area contributed by atoms with Crippen molar-refractivity contribution in [3.05, 3.63) is 59.0 Å². The summed E-state index contributed by atoms with van der Waals surface area (Å²) < 4.78 is 5.07. The lowest BCUT2D eigenvalue weighted by atomic mass is 10.0.